The van der Waals surface area contributed by atoms with Crippen LogP contribution in [-0.4, -0.2) is 10.1 Å². The molecule has 0 saturated heterocycles. The summed E-state index contributed by atoms with van der Waals surface area (Å²) in [7, 11) is 0. The van der Waals surface area contributed by atoms with Crippen LogP contribution in [0.4, 0.5) is 0 Å². The quantitative estimate of drug-likeness (QED) is 0.686. The van der Waals surface area contributed by atoms with Crippen LogP contribution in [0.5, 0.6) is 0 Å². The van der Waals surface area contributed by atoms with Crippen LogP contribution in [0.2, 0.25) is 0 Å². The molecule has 2 N–H and O–H groups in total. The number of aliphatic hydroxyl groups is 1. The first kappa shape index (κ1) is 12.2. The van der Waals surface area contributed by atoms with Crippen molar-refractivity contribution in [2.24, 2.45) is 11.3 Å². The van der Waals surface area contributed by atoms with Gasteiger partial charge in [-0.2, -0.15) is 0 Å². The molecule has 0 spiro atoms. The number of H-pyrrole nitrogens is 1. The van der Waals surface area contributed by atoms with Crippen molar-refractivity contribution in [3.8, 4) is 0 Å². The van der Waals surface area contributed by atoms with E-state index in [1.165, 1.54) is 16.5 Å². The minimum atomic E-state index is -0.373. The minimum Gasteiger partial charge on any atom is -0.387 e. The molecule has 2 aromatic rings. The summed E-state index contributed by atoms with van der Waals surface area (Å²) in [6, 6.07) is 8.40. The standard InChI is InChI=1S/C18H21NO/c1-10-8-12-14-11-6-4-5-7-13(11)19-16(14)17(20)15(12)18(2,3)9-10/h4-8,12,15,17,19-20H,9H2,1-3H3/t12-,15-,17-/m0/s1. The summed E-state index contributed by atoms with van der Waals surface area (Å²) in [6.07, 6.45) is 3.08. The predicted octanol–water partition coefficient (Wildman–Crippen LogP) is 4.29. The Kier molecular flexibility index (Phi) is 2.30. The van der Waals surface area contributed by atoms with Gasteiger partial charge in [0, 0.05) is 28.4 Å². The molecule has 20 heavy (non-hydrogen) atoms. The molecule has 2 heteroatoms. The molecular formula is C18H21NO. The third-order valence-electron chi connectivity index (χ3n) is 5.23. The first-order chi connectivity index (χ1) is 9.49. The lowest BCUT2D eigenvalue weighted by Gasteiger charge is -2.41. The van der Waals surface area contributed by atoms with Gasteiger partial charge in [-0.25, -0.2) is 0 Å². The molecule has 0 amide bonds. The first-order valence-corrected chi connectivity index (χ1v) is 7.45. The number of para-hydroxylation sites is 1. The fraction of sp³-hybridized carbons (Fsp3) is 0.444. The maximum absolute atomic E-state index is 10.8. The van der Waals surface area contributed by atoms with Gasteiger partial charge in [-0.15, -0.1) is 0 Å². The Hall–Kier alpha value is -1.54. The molecule has 0 unspecified atom stereocenters. The number of hydrogen-bond acceptors (Lipinski definition) is 1. The fourth-order valence-electron chi connectivity index (χ4n) is 4.63. The van der Waals surface area contributed by atoms with Crippen molar-refractivity contribution in [2.45, 2.75) is 39.2 Å². The number of aliphatic hydroxyl groups excluding tert-OH is 1. The summed E-state index contributed by atoms with van der Waals surface area (Å²) in [4.78, 5) is 3.46. The molecular weight excluding hydrogens is 246 g/mol. The highest BCUT2D eigenvalue weighted by Gasteiger charge is 2.50. The van der Waals surface area contributed by atoms with E-state index in [9.17, 15) is 5.11 Å². The zero-order valence-corrected chi connectivity index (χ0v) is 12.3. The Morgan fingerprint density at radius 3 is 2.80 bits per heavy atom. The molecule has 0 saturated carbocycles. The summed E-state index contributed by atoms with van der Waals surface area (Å²) >= 11 is 0. The molecule has 2 aliphatic carbocycles. The highest BCUT2D eigenvalue weighted by Crippen LogP contribution is 2.59. The summed E-state index contributed by atoms with van der Waals surface area (Å²) in [6.45, 7) is 6.80. The van der Waals surface area contributed by atoms with Crippen molar-refractivity contribution in [3.05, 3.63) is 47.2 Å². The highest BCUT2D eigenvalue weighted by atomic mass is 16.3. The largest absolute Gasteiger partial charge is 0.387 e. The number of hydrogen-bond donors (Lipinski definition) is 2. The van der Waals surface area contributed by atoms with Crippen LogP contribution < -0.4 is 0 Å². The van der Waals surface area contributed by atoms with Gasteiger partial charge in [-0.1, -0.05) is 43.7 Å². The van der Waals surface area contributed by atoms with Crippen molar-refractivity contribution in [1.82, 2.24) is 4.98 Å². The van der Waals surface area contributed by atoms with Gasteiger partial charge < -0.3 is 10.1 Å². The van der Waals surface area contributed by atoms with E-state index in [0.29, 0.717) is 5.92 Å². The van der Waals surface area contributed by atoms with Crippen molar-refractivity contribution in [3.63, 3.8) is 0 Å². The van der Waals surface area contributed by atoms with Gasteiger partial charge in [0.2, 0.25) is 0 Å². The average Bonchev–Trinajstić information content (AvgIpc) is 2.86. The number of aromatic amines is 1. The van der Waals surface area contributed by atoms with Gasteiger partial charge in [0.25, 0.3) is 0 Å². The second-order valence-corrected chi connectivity index (χ2v) is 7.17. The zero-order valence-electron chi connectivity index (χ0n) is 12.3. The predicted molar refractivity (Wildman–Crippen MR) is 81.6 cm³/mol. The molecule has 0 aliphatic heterocycles. The zero-order chi connectivity index (χ0) is 14.1. The Morgan fingerprint density at radius 1 is 1.25 bits per heavy atom. The molecule has 1 aromatic carbocycles. The Bertz CT molecular complexity index is 722. The lowest BCUT2D eigenvalue weighted by Crippen LogP contribution is -2.33. The van der Waals surface area contributed by atoms with Crippen molar-refractivity contribution >= 4 is 10.9 Å². The lowest BCUT2D eigenvalue weighted by molar-refractivity contribution is 0.0318. The maximum atomic E-state index is 10.8. The van der Waals surface area contributed by atoms with Crippen molar-refractivity contribution in [1.29, 1.82) is 0 Å². The van der Waals surface area contributed by atoms with Crippen LogP contribution in [-0.2, 0) is 0 Å². The molecule has 2 nitrogen and oxygen atoms in total. The van der Waals surface area contributed by atoms with Crippen LogP contribution in [0.15, 0.2) is 35.9 Å². The van der Waals surface area contributed by atoms with E-state index < -0.39 is 0 Å². The van der Waals surface area contributed by atoms with Crippen LogP contribution in [0.3, 0.4) is 0 Å². The van der Waals surface area contributed by atoms with E-state index in [2.05, 4.69) is 50.0 Å². The third-order valence-corrected chi connectivity index (χ3v) is 5.23. The number of aromatic nitrogens is 1. The number of rotatable bonds is 0. The van der Waals surface area contributed by atoms with Gasteiger partial charge in [0.15, 0.2) is 0 Å². The van der Waals surface area contributed by atoms with E-state index in [0.717, 1.165) is 17.6 Å². The highest BCUT2D eigenvalue weighted by molar-refractivity contribution is 5.86. The molecule has 104 valence electrons. The van der Waals surface area contributed by atoms with Gasteiger partial charge in [-0.05, 0) is 30.4 Å². The number of allylic oxidation sites excluding steroid dienone is 2. The third kappa shape index (κ3) is 1.43. The summed E-state index contributed by atoms with van der Waals surface area (Å²) in [5, 5.41) is 12.1. The van der Waals surface area contributed by atoms with E-state index in [-0.39, 0.29) is 17.4 Å². The van der Waals surface area contributed by atoms with Crippen LogP contribution in [0, 0.1) is 11.3 Å². The second-order valence-electron chi connectivity index (χ2n) is 7.17. The van der Waals surface area contributed by atoms with Crippen LogP contribution in [0.1, 0.15) is 50.5 Å². The number of nitrogens with one attached hydrogen (secondary N) is 1. The smallest absolute Gasteiger partial charge is 0.0983 e. The van der Waals surface area contributed by atoms with Gasteiger partial charge >= 0.3 is 0 Å². The number of fused-ring (bicyclic) bond motifs is 5. The Balaban J connectivity index is 1.99. The van der Waals surface area contributed by atoms with E-state index in [1.807, 2.05) is 6.07 Å². The Labute approximate surface area is 119 Å². The SMILES string of the molecule is CC1=C[C@H]2c3c([nH]c4ccccc34)[C@@H](O)[C@H]2C(C)(C)C1. The van der Waals surface area contributed by atoms with E-state index >= 15 is 0 Å². The average molecular weight is 267 g/mol. The topological polar surface area (TPSA) is 36.0 Å². The maximum Gasteiger partial charge on any atom is 0.0983 e. The monoisotopic (exact) mass is 267 g/mol. The van der Waals surface area contributed by atoms with Gasteiger partial charge in [0.1, 0.15) is 0 Å². The molecule has 0 bridgehead atoms. The van der Waals surface area contributed by atoms with Crippen molar-refractivity contribution < 1.29 is 5.11 Å². The van der Waals surface area contributed by atoms with Gasteiger partial charge in [0.05, 0.1) is 6.10 Å². The van der Waals surface area contributed by atoms with E-state index in [1.54, 1.807) is 0 Å². The Morgan fingerprint density at radius 2 is 2.00 bits per heavy atom. The van der Waals surface area contributed by atoms with Gasteiger partial charge in [-0.3, -0.25) is 0 Å². The fourth-order valence-corrected chi connectivity index (χ4v) is 4.63. The molecule has 1 aromatic heterocycles. The molecule has 0 radical (unpaired) electrons. The van der Waals surface area contributed by atoms with Crippen LogP contribution in [0.25, 0.3) is 10.9 Å². The lowest BCUT2D eigenvalue weighted by atomic mass is 9.64. The molecule has 1 heterocycles. The summed E-state index contributed by atoms with van der Waals surface area (Å²) in [5.41, 5.74) is 5.10. The number of benzene rings is 1. The second kappa shape index (κ2) is 3.76. The normalized spacial score (nSPS) is 31.0. The van der Waals surface area contributed by atoms with E-state index in [4.69, 9.17) is 0 Å². The van der Waals surface area contributed by atoms with Crippen molar-refractivity contribution in [2.75, 3.05) is 0 Å². The van der Waals surface area contributed by atoms with Crippen LogP contribution >= 0.6 is 0 Å². The molecule has 4 rings (SSSR count). The summed E-state index contributed by atoms with van der Waals surface area (Å²) in [5.74, 6) is 0.636. The molecule has 3 atom stereocenters. The molecule has 0 fully saturated rings. The molecule has 2 aliphatic rings. The summed E-state index contributed by atoms with van der Waals surface area (Å²) < 4.78 is 0. The minimum absolute atomic E-state index is 0.143. The first-order valence-electron chi connectivity index (χ1n) is 7.45.